The maximum atomic E-state index is 10.8. The molecule has 0 aliphatic heterocycles. The molecule has 0 saturated heterocycles. The van der Waals surface area contributed by atoms with Crippen molar-refractivity contribution in [2.24, 2.45) is 5.92 Å². The van der Waals surface area contributed by atoms with E-state index >= 15 is 0 Å². The molecule has 0 aromatic rings. The highest BCUT2D eigenvalue weighted by molar-refractivity contribution is 5.69. The molecule has 0 N–H and O–H groups in total. The Labute approximate surface area is 67.0 Å². The second-order valence-electron chi connectivity index (χ2n) is 2.24. The molecule has 0 aromatic carbocycles. The van der Waals surface area contributed by atoms with Gasteiger partial charge in [-0.15, -0.1) is 0 Å². The van der Waals surface area contributed by atoms with Crippen molar-refractivity contribution >= 4 is 5.97 Å². The predicted octanol–water partition coefficient (Wildman–Crippen LogP) is 1.49. The molecule has 0 bridgehead atoms. The van der Waals surface area contributed by atoms with Crippen LogP contribution in [0.2, 0.25) is 0 Å². The van der Waals surface area contributed by atoms with Gasteiger partial charge in [0, 0.05) is 0 Å². The minimum absolute atomic E-state index is 0.186. The SMILES string of the molecule is CCOC(=O)C[C@@H](C#N)CC. The lowest BCUT2D eigenvalue weighted by atomic mass is 10.1. The van der Waals surface area contributed by atoms with E-state index in [0.717, 1.165) is 0 Å². The Hall–Kier alpha value is -1.04. The third-order valence-electron chi connectivity index (χ3n) is 1.39. The van der Waals surface area contributed by atoms with Crippen LogP contribution in [-0.2, 0) is 9.53 Å². The molecule has 1 atom stereocenters. The molecule has 3 nitrogen and oxygen atoms in total. The summed E-state index contributed by atoms with van der Waals surface area (Å²) in [5.74, 6) is -0.463. The molecule has 0 saturated carbocycles. The molecular formula is C8H13NO2. The fraction of sp³-hybridized carbons (Fsp3) is 0.750. The van der Waals surface area contributed by atoms with Crippen LogP contribution in [0, 0.1) is 17.2 Å². The lowest BCUT2D eigenvalue weighted by Gasteiger charge is -2.03. The first-order chi connectivity index (χ1) is 5.24. The van der Waals surface area contributed by atoms with Crippen molar-refractivity contribution in [1.29, 1.82) is 5.26 Å². The Kier molecular flexibility index (Phi) is 5.18. The molecule has 0 rings (SSSR count). The molecule has 0 fully saturated rings. The highest BCUT2D eigenvalue weighted by Gasteiger charge is 2.10. The number of nitrogens with zero attached hydrogens (tertiary/aromatic N) is 1. The van der Waals surface area contributed by atoms with Gasteiger partial charge in [-0.1, -0.05) is 6.92 Å². The minimum Gasteiger partial charge on any atom is -0.466 e. The van der Waals surface area contributed by atoms with Crippen LogP contribution in [0.1, 0.15) is 26.7 Å². The highest BCUT2D eigenvalue weighted by Crippen LogP contribution is 2.06. The van der Waals surface area contributed by atoms with Crippen molar-refractivity contribution in [2.75, 3.05) is 6.61 Å². The van der Waals surface area contributed by atoms with Crippen molar-refractivity contribution in [2.45, 2.75) is 26.7 Å². The van der Waals surface area contributed by atoms with Gasteiger partial charge < -0.3 is 4.74 Å². The van der Waals surface area contributed by atoms with Gasteiger partial charge in [-0.25, -0.2) is 0 Å². The van der Waals surface area contributed by atoms with E-state index in [1.165, 1.54) is 0 Å². The molecule has 0 aliphatic rings. The number of hydrogen-bond donors (Lipinski definition) is 0. The number of carbonyl (C=O) groups excluding carboxylic acids is 1. The van der Waals surface area contributed by atoms with Crippen LogP contribution in [0.5, 0.6) is 0 Å². The zero-order chi connectivity index (χ0) is 8.69. The van der Waals surface area contributed by atoms with Gasteiger partial charge in [0.15, 0.2) is 0 Å². The normalized spacial score (nSPS) is 11.7. The van der Waals surface area contributed by atoms with E-state index in [1.807, 2.05) is 13.0 Å². The van der Waals surface area contributed by atoms with E-state index in [4.69, 9.17) is 5.26 Å². The van der Waals surface area contributed by atoms with Gasteiger partial charge in [-0.2, -0.15) is 5.26 Å². The quantitative estimate of drug-likeness (QED) is 0.578. The summed E-state index contributed by atoms with van der Waals surface area (Å²) < 4.78 is 4.69. The Morgan fingerprint density at radius 2 is 2.27 bits per heavy atom. The zero-order valence-corrected chi connectivity index (χ0v) is 6.96. The van der Waals surface area contributed by atoms with Crippen molar-refractivity contribution < 1.29 is 9.53 Å². The largest absolute Gasteiger partial charge is 0.466 e. The van der Waals surface area contributed by atoms with Gasteiger partial charge in [-0.3, -0.25) is 4.79 Å². The molecule has 0 amide bonds. The van der Waals surface area contributed by atoms with Gasteiger partial charge in [0.05, 0.1) is 25.0 Å². The Morgan fingerprint density at radius 1 is 1.64 bits per heavy atom. The third-order valence-corrected chi connectivity index (χ3v) is 1.39. The van der Waals surface area contributed by atoms with Gasteiger partial charge in [-0.05, 0) is 13.3 Å². The molecule has 0 spiro atoms. The summed E-state index contributed by atoms with van der Waals surface area (Å²) in [6.07, 6.45) is 0.927. The van der Waals surface area contributed by atoms with E-state index in [0.29, 0.717) is 13.0 Å². The average molecular weight is 155 g/mol. The number of rotatable bonds is 4. The second-order valence-corrected chi connectivity index (χ2v) is 2.24. The summed E-state index contributed by atoms with van der Waals surface area (Å²) >= 11 is 0. The first-order valence-electron chi connectivity index (χ1n) is 3.79. The second kappa shape index (κ2) is 5.72. The number of carbonyl (C=O) groups is 1. The zero-order valence-electron chi connectivity index (χ0n) is 6.96. The van der Waals surface area contributed by atoms with Crippen LogP contribution in [0.15, 0.2) is 0 Å². The predicted molar refractivity (Wildman–Crippen MR) is 40.6 cm³/mol. The van der Waals surface area contributed by atoms with E-state index in [-0.39, 0.29) is 18.3 Å². The fourth-order valence-electron chi connectivity index (χ4n) is 0.702. The summed E-state index contributed by atoms with van der Waals surface area (Å²) in [5, 5.41) is 8.49. The molecule has 62 valence electrons. The summed E-state index contributed by atoms with van der Waals surface area (Å²) in [5.41, 5.74) is 0. The molecule has 0 heterocycles. The van der Waals surface area contributed by atoms with Crippen molar-refractivity contribution in [1.82, 2.24) is 0 Å². The van der Waals surface area contributed by atoms with Crippen LogP contribution in [0.3, 0.4) is 0 Å². The molecule has 0 aliphatic carbocycles. The van der Waals surface area contributed by atoms with E-state index < -0.39 is 0 Å². The van der Waals surface area contributed by atoms with Crippen LogP contribution in [0.4, 0.5) is 0 Å². The molecule has 11 heavy (non-hydrogen) atoms. The molecule has 0 unspecified atom stereocenters. The average Bonchev–Trinajstić information content (AvgIpc) is 2.01. The highest BCUT2D eigenvalue weighted by atomic mass is 16.5. The van der Waals surface area contributed by atoms with Gasteiger partial charge in [0.2, 0.25) is 0 Å². The lowest BCUT2D eigenvalue weighted by Crippen LogP contribution is -2.09. The number of hydrogen-bond acceptors (Lipinski definition) is 3. The summed E-state index contributed by atoms with van der Waals surface area (Å²) in [4.78, 5) is 10.8. The third kappa shape index (κ3) is 4.38. The van der Waals surface area contributed by atoms with Gasteiger partial charge >= 0.3 is 5.97 Å². The van der Waals surface area contributed by atoms with Gasteiger partial charge in [0.1, 0.15) is 0 Å². The standard InChI is InChI=1S/C8H13NO2/c1-3-7(6-9)5-8(10)11-4-2/h7H,3-5H2,1-2H3/t7-/m0/s1. The first kappa shape index (κ1) is 9.96. The summed E-state index contributed by atoms with van der Waals surface area (Å²) in [6.45, 7) is 4.03. The molecule has 0 radical (unpaired) electrons. The van der Waals surface area contributed by atoms with Crippen LogP contribution in [-0.4, -0.2) is 12.6 Å². The van der Waals surface area contributed by atoms with E-state index in [9.17, 15) is 4.79 Å². The van der Waals surface area contributed by atoms with Crippen molar-refractivity contribution in [3.05, 3.63) is 0 Å². The topological polar surface area (TPSA) is 50.1 Å². The minimum atomic E-state index is -0.277. The van der Waals surface area contributed by atoms with Gasteiger partial charge in [0.25, 0.3) is 0 Å². The van der Waals surface area contributed by atoms with Crippen LogP contribution in [0.25, 0.3) is 0 Å². The monoisotopic (exact) mass is 155 g/mol. The number of esters is 1. The smallest absolute Gasteiger partial charge is 0.307 e. The maximum absolute atomic E-state index is 10.8. The Bertz CT molecular complexity index is 160. The van der Waals surface area contributed by atoms with Crippen LogP contribution >= 0.6 is 0 Å². The fourth-order valence-corrected chi connectivity index (χ4v) is 0.702. The Balaban J connectivity index is 3.65. The molecule has 3 heteroatoms. The number of nitriles is 1. The van der Waals surface area contributed by atoms with Crippen molar-refractivity contribution in [3.8, 4) is 6.07 Å². The molecular weight excluding hydrogens is 142 g/mol. The maximum Gasteiger partial charge on any atom is 0.307 e. The summed E-state index contributed by atoms with van der Waals surface area (Å²) in [7, 11) is 0. The van der Waals surface area contributed by atoms with E-state index in [2.05, 4.69) is 4.74 Å². The Morgan fingerprint density at radius 3 is 2.64 bits per heavy atom. The van der Waals surface area contributed by atoms with E-state index in [1.54, 1.807) is 6.92 Å². The van der Waals surface area contributed by atoms with Crippen LogP contribution < -0.4 is 0 Å². The molecule has 0 aromatic heterocycles. The lowest BCUT2D eigenvalue weighted by molar-refractivity contribution is -0.143. The summed E-state index contributed by atoms with van der Waals surface area (Å²) in [6, 6.07) is 2.04. The number of ether oxygens (including phenoxy) is 1. The first-order valence-corrected chi connectivity index (χ1v) is 3.79. The van der Waals surface area contributed by atoms with Crippen molar-refractivity contribution in [3.63, 3.8) is 0 Å².